The lowest BCUT2D eigenvalue weighted by atomic mass is 9.69. The third kappa shape index (κ3) is 7.22. The number of anilines is 1. The molecule has 3 unspecified atom stereocenters. The maximum atomic E-state index is 14.0. The van der Waals surface area contributed by atoms with Gasteiger partial charge in [0.1, 0.15) is 9.84 Å². The van der Waals surface area contributed by atoms with Crippen molar-refractivity contribution in [3.8, 4) is 0 Å². The Morgan fingerprint density at radius 1 is 1.07 bits per heavy atom. The summed E-state index contributed by atoms with van der Waals surface area (Å²) >= 11 is 0. The number of hydrogen-bond acceptors (Lipinski definition) is 9. The first-order valence-electron chi connectivity index (χ1n) is 15.4. The van der Waals surface area contributed by atoms with E-state index < -0.39 is 31.3 Å². The molecule has 3 N–H and O–H groups in total. The van der Waals surface area contributed by atoms with E-state index in [1.54, 1.807) is 9.21 Å². The van der Waals surface area contributed by atoms with Crippen LogP contribution in [0, 0.1) is 23.7 Å². The lowest BCUT2D eigenvalue weighted by Gasteiger charge is -2.45. The fraction of sp³-hybridized carbons (Fsp3) is 0.767. The Kier molecular flexibility index (Phi) is 10.5. The summed E-state index contributed by atoms with van der Waals surface area (Å²) in [5.41, 5.74) is 1.30. The van der Waals surface area contributed by atoms with Crippen LogP contribution in [0.4, 0.5) is 5.69 Å². The van der Waals surface area contributed by atoms with Crippen molar-refractivity contribution >= 4 is 31.5 Å². The summed E-state index contributed by atoms with van der Waals surface area (Å²) in [6.07, 6.45) is 3.37. The number of aliphatic hydroxyl groups excluding tert-OH is 2. The molecule has 2 bridgehead atoms. The second kappa shape index (κ2) is 13.3. The lowest BCUT2D eigenvalue weighted by Crippen LogP contribution is -2.59. The molecule has 3 fully saturated rings. The van der Waals surface area contributed by atoms with Crippen LogP contribution in [-0.4, -0.2) is 124 Å². The van der Waals surface area contributed by atoms with Crippen LogP contribution in [0.5, 0.6) is 0 Å². The Bertz CT molecular complexity index is 1340. The Morgan fingerprint density at radius 3 is 2.26 bits per heavy atom. The summed E-state index contributed by atoms with van der Waals surface area (Å²) in [5.74, 6) is -0.399. The summed E-state index contributed by atoms with van der Waals surface area (Å²) < 4.78 is 53.7. The van der Waals surface area contributed by atoms with Crippen molar-refractivity contribution in [1.82, 2.24) is 14.5 Å². The van der Waals surface area contributed by atoms with Gasteiger partial charge in [0.15, 0.2) is 0 Å². The van der Waals surface area contributed by atoms with E-state index in [9.17, 15) is 31.8 Å². The summed E-state index contributed by atoms with van der Waals surface area (Å²) in [6, 6.07) is 6.86. The van der Waals surface area contributed by atoms with Gasteiger partial charge in [0, 0.05) is 62.7 Å². The van der Waals surface area contributed by atoms with Crippen LogP contribution >= 0.6 is 0 Å². The van der Waals surface area contributed by atoms with Gasteiger partial charge in [-0.2, -0.15) is 4.31 Å². The minimum atomic E-state index is -3.65. The molecule has 0 radical (unpaired) electrons. The number of nitrogens with one attached hydrogen (secondary N) is 1. The number of amides is 1. The van der Waals surface area contributed by atoms with Gasteiger partial charge in [0.05, 0.1) is 30.8 Å². The number of carbonyl (C=O) groups is 1. The first kappa shape index (κ1) is 34.1. The third-order valence-corrected chi connectivity index (χ3v) is 13.6. The summed E-state index contributed by atoms with van der Waals surface area (Å²) in [4.78, 5) is 17.7. The Morgan fingerprint density at radius 2 is 1.70 bits per heavy atom. The predicted molar refractivity (Wildman–Crippen MR) is 168 cm³/mol. The second-order valence-corrected chi connectivity index (χ2v) is 17.5. The van der Waals surface area contributed by atoms with Crippen LogP contribution in [0.15, 0.2) is 24.3 Å². The largest absolute Gasteiger partial charge is 0.395 e. The normalized spacial score (nSPS) is 26.6. The molecule has 13 heteroatoms. The number of benzene rings is 1. The van der Waals surface area contributed by atoms with E-state index in [0.29, 0.717) is 39.0 Å². The van der Waals surface area contributed by atoms with Gasteiger partial charge in [0.25, 0.3) is 0 Å². The van der Waals surface area contributed by atoms with Crippen molar-refractivity contribution in [2.75, 3.05) is 75.1 Å². The van der Waals surface area contributed by atoms with Crippen LogP contribution in [-0.2, 0) is 24.7 Å². The van der Waals surface area contributed by atoms with Crippen molar-refractivity contribution in [2.45, 2.75) is 58.5 Å². The topological polar surface area (TPSA) is 148 Å². The van der Waals surface area contributed by atoms with Crippen LogP contribution in [0.3, 0.4) is 0 Å². The zero-order valence-corrected chi connectivity index (χ0v) is 27.7. The van der Waals surface area contributed by atoms with Gasteiger partial charge in [-0.15, -0.1) is 0 Å². The monoisotopic (exact) mass is 642 g/mol. The van der Waals surface area contributed by atoms with Gasteiger partial charge in [-0.25, -0.2) is 16.8 Å². The van der Waals surface area contributed by atoms with E-state index in [1.165, 1.54) is 0 Å². The molecule has 2 saturated carbocycles. The molecule has 43 heavy (non-hydrogen) atoms. The van der Waals surface area contributed by atoms with Crippen LogP contribution in [0.2, 0.25) is 0 Å². The number of para-hydroxylation sites is 1. The van der Waals surface area contributed by atoms with Gasteiger partial charge in [0.2, 0.25) is 15.9 Å². The van der Waals surface area contributed by atoms with E-state index in [2.05, 4.69) is 43.1 Å². The van der Waals surface area contributed by atoms with E-state index >= 15 is 0 Å². The second-order valence-electron chi connectivity index (χ2n) is 13.3. The van der Waals surface area contributed by atoms with Crippen molar-refractivity contribution in [3.05, 3.63) is 29.8 Å². The molecule has 4 atom stereocenters. The van der Waals surface area contributed by atoms with Crippen LogP contribution in [0.25, 0.3) is 0 Å². The van der Waals surface area contributed by atoms with Gasteiger partial charge < -0.3 is 20.4 Å². The standard InChI is InChI=1S/C30H50N4O7S2/c1-23-7-5-6-8-25(23)32-12-14-34(15-13-32)43(40,41)22-30-11-9-24(29(30,2)3)21-27(30)31-28(37)26(10-20-42(4,38)39)33(16-18-35)17-19-36/h5-8,24,26-27,35-36H,9-22H2,1-4H3,(H,31,37)/t24?,26-,27?,30?/m0/s1. The van der Waals surface area contributed by atoms with E-state index in [4.69, 9.17) is 0 Å². The highest BCUT2D eigenvalue weighted by Crippen LogP contribution is 2.66. The SMILES string of the molecule is Cc1ccccc1N1CCN(S(=O)(=O)CC23CCC(CC2NC(=O)[C@H](CCS(C)(=O)=O)N(CCO)CCO)C3(C)C)CC1. The number of aliphatic hydroxyl groups is 2. The molecule has 1 heterocycles. The molecule has 1 aromatic carbocycles. The number of piperazine rings is 1. The minimum Gasteiger partial charge on any atom is -0.395 e. The van der Waals surface area contributed by atoms with Crippen molar-refractivity contribution in [2.24, 2.45) is 16.7 Å². The minimum absolute atomic E-state index is 0.0146. The average Bonchev–Trinajstić information content (AvgIpc) is 3.28. The lowest BCUT2D eigenvalue weighted by molar-refractivity contribution is -0.128. The quantitative estimate of drug-likeness (QED) is 0.269. The molecule has 244 valence electrons. The molecular formula is C30H50N4O7S2. The first-order valence-corrected chi connectivity index (χ1v) is 19.0. The summed E-state index contributed by atoms with van der Waals surface area (Å²) in [7, 11) is -7.01. The van der Waals surface area contributed by atoms with E-state index in [-0.39, 0.29) is 67.5 Å². The van der Waals surface area contributed by atoms with Crippen molar-refractivity contribution < 1.29 is 31.8 Å². The highest BCUT2D eigenvalue weighted by Gasteiger charge is 2.66. The van der Waals surface area contributed by atoms with Crippen LogP contribution in [0.1, 0.15) is 45.1 Å². The maximum Gasteiger partial charge on any atom is 0.237 e. The smallest absolute Gasteiger partial charge is 0.237 e. The number of rotatable bonds is 14. The fourth-order valence-corrected chi connectivity index (χ4v) is 10.8. The first-order chi connectivity index (χ1) is 20.1. The maximum absolute atomic E-state index is 14.0. The van der Waals surface area contributed by atoms with E-state index in [0.717, 1.165) is 23.9 Å². The summed E-state index contributed by atoms with van der Waals surface area (Å²) in [6.45, 7) is 8.03. The van der Waals surface area contributed by atoms with Gasteiger partial charge in [-0.1, -0.05) is 32.0 Å². The molecule has 1 saturated heterocycles. The molecule has 2 aliphatic carbocycles. The molecule has 4 rings (SSSR count). The number of fused-ring (bicyclic) bond motifs is 2. The van der Waals surface area contributed by atoms with Gasteiger partial charge >= 0.3 is 0 Å². The molecule has 3 aliphatic rings. The molecule has 11 nitrogen and oxygen atoms in total. The Hall–Kier alpha value is -1.77. The average molecular weight is 643 g/mol. The van der Waals surface area contributed by atoms with Crippen LogP contribution < -0.4 is 10.2 Å². The van der Waals surface area contributed by atoms with Crippen molar-refractivity contribution in [1.29, 1.82) is 0 Å². The van der Waals surface area contributed by atoms with E-state index in [1.807, 2.05) is 12.1 Å². The number of aryl methyl sites for hydroxylation is 1. The number of carbonyl (C=O) groups excluding carboxylic acids is 1. The number of nitrogens with zero attached hydrogens (tertiary/aromatic N) is 3. The zero-order chi connectivity index (χ0) is 31.6. The number of sulfonamides is 1. The molecule has 0 aromatic heterocycles. The molecular weight excluding hydrogens is 592 g/mol. The predicted octanol–water partition coefficient (Wildman–Crippen LogP) is 0.848. The Labute approximate surface area is 257 Å². The Balaban J connectivity index is 1.53. The fourth-order valence-electron chi connectivity index (χ4n) is 7.92. The van der Waals surface area contributed by atoms with Crippen molar-refractivity contribution in [3.63, 3.8) is 0 Å². The van der Waals surface area contributed by atoms with Gasteiger partial charge in [-0.3, -0.25) is 9.69 Å². The third-order valence-electron chi connectivity index (χ3n) is 10.6. The van der Waals surface area contributed by atoms with Gasteiger partial charge in [-0.05, 0) is 55.6 Å². The number of hydrogen-bond donors (Lipinski definition) is 3. The molecule has 1 aromatic rings. The molecule has 1 aliphatic heterocycles. The summed E-state index contributed by atoms with van der Waals surface area (Å²) in [5, 5.41) is 22.4. The molecule has 0 spiro atoms. The highest BCUT2D eigenvalue weighted by molar-refractivity contribution is 7.90. The number of sulfone groups is 1. The highest BCUT2D eigenvalue weighted by atomic mass is 32.2. The zero-order valence-electron chi connectivity index (χ0n) is 26.0. The molecule has 1 amide bonds.